The Hall–Kier alpha value is -1.33. The number of ether oxygens (including phenoxy) is 1. The molecule has 0 spiro atoms. The molecule has 0 aliphatic heterocycles. The van der Waals surface area contributed by atoms with E-state index in [1.807, 2.05) is 0 Å². The van der Waals surface area contributed by atoms with E-state index in [4.69, 9.17) is 4.74 Å². The monoisotopic (exact) mass is 243 g/mol. The second kappa shape index (κ2) is 7.09. The number of methoxy groups -OCH3 is 1. The van der Waals surface area contributed by atoms with E-state index in [9.17, 15) is 13.6 Å². The average molecular weight is 243 g/mol. The van der Waals surface area contributed by atoms with Gasteiger partial charge in [0.1, 0.15) is 0 Å². The maximum Gasteiger partial charge on any atom is 0.159 e. The third kappa shape index (κ3) is 5.01. The summed E-state index contributed by atoms with van der Waals surface area (Å²) >= 11 is 0. The zero-order chi connectivity index (χ0) is 12.7. The summed E-state index contributed by atoms with van der Waals surface area (Å²) in [7, 11) is 1.57. The van der Waals surface area contributed by atoms with Crippen LogP contribution in [0.1, 0.15) is 5.56 Å². The molecule has 0 amide bonds. The van der Waals surface area contributed by atoms with E-state index in [0.717, 1.165) is 12.1 Å². The van der Waals surface area contributed by atoms with E-state index in [1.165, 1.54) is 6.07 Å². The van der Waals surface area contributed by atoms with Crippen LogP contribution in [-0.4, -0.2) is 32.6 Å². The minimum atomic E-state index is -0.928. The second-order valence-electron chi connectivity index (χ2n) is 3.63. The Morgan fingerprint density at radius 3 is 2.76 bits per heavy atom. The predicted molar refractivity (Wildman–Crippen MR) is 59.8 cm³/mol. The van der Waals surface area contributed by atoms with E-state index >= 15 is 0 Å². The summed E-state index contributed by atoms with van der Waals surface area (Å²) in [5.41, 5.74) is 0.474. The zero-order valence-corrected chi connectivity index (χ0v) is 9.63. The normalized spacial score (nSPS) is 10.5. The van der Waals surface area contributed by atoms with Crippen LogP contribution in [-0.2, 0) is 16.0 Å². The summed E-state index contributed by atoms with van der Waals surface area (Å²) in [5.74, 6) is -1.91. The fourth-order valence-corrected chi connectivity index (χ4v) is 1.34. The molecule has 0 fully saturated rings. The van der Waals surface area contributed by atoms with E-state index in [0.29, 0.717) is 18.7 Å². The molecule has 1 rings (SSSR count). The van der Waals surface area contributed by atoms with Crippen LogP contribution in [0.2, 0.25) is 0 Å². The van der Waals surface area contributed by atoms with Crippen LogP contribution in [0.15, 0.2) is 18.2 Å². The lowest BCUT2D eigenvalue weighted by atomic mass is 10.1. The summed E-state index contributed by atoms with van der Waals surface area (Å²) in [6.07, 6.45) is 0.0944. The maximum absolute atomic E-state index is 12.9. The number of nitrogens with one attached hydrogen (secondary N) is 1. The lowest BCUT2D eigenvalue weighted by Gasteiger charge is -2.04. The molecule has 0 saturated carbocycles. The lowest BCUT2D eigenvalue weighted by molar-refractivity contribution is -0.117. The van der Waals surface area contributed by atoms with Crippen LogP contribution >= 0.6 is 0 Å². The molecule has 1 aromatic carbocycles. The van der Waals surface area contributed by atoms with E-state index < -0.39 is 11.6 Å². The number of Topliss-reactive ketones (excluding diaryl/α,β-unsaturated/α-hetero) is 1. The Morgan fingerprint density at radius 1 is 1.35 bits per heavy atom. The van der Waals surface area contributed by atoms with Crippen LogP contribution in [0.3, 0.4) is 0 Å². The van der Waals surface area contributed by atoms with Gasteiger partial charge in [0.05, 0.1) is 13.2 Å². The Bertz CT molecular complexity index is 383. The summed E-state index contributed by atoms with van der Waals surface area (Å²) in [5, 5.41) is 2.89. The van der Waals surface area contributed by atoms with Crippen molar-refractivity contribution in [2.75, 3.05) is 26.8 Å². The Balaban J connectivity index is 2.37. The maximum atomic E-state index is 12.9. The second-order valence-corrected chi connectivity index (χ2v) is 3.63. The molecule has 5 heteroatoms. The van der Waals surface area contributed by atoms with E-state index in [-0.39, 0.29) is 18.7 Å². The van der Waals surface area contributed by atoms with Gasteiger partial charge >= 0.3 is 0 Å². The van der Waals surface area contributed by atoms with Crippen molar-refractivity contribution in [2.45, 2.75) is 6.42 Å². The highest BCUT2D eigenvalue weighted by Gasteiger charge is 2.06. The standard InChI is InChI=1S/C12H15F2NO2/c1-17-5-4-15-8-10(16)6-9-2-3-11(13)12(14)7-9/h2-3,7,15H,4-6,8H2,1H3. The number of ketones is 1. The molecule has 0 aliphatic rings. The molecule has 0 atom stereocenters. The molecule has 0 heterocycles. The van der Waals surface area contributed by atoms with Gasteiger partial charge in [-0.05, 0) is 17.7 Å². The molecule has 1 N–H and O–H groups in total. The fourth-order valence-electron chi connectivity index (χ4n) is 1.34. The molecule has 0 radical (unpaired) electrons. The first-order valence-corrected chi connectivity index (χ1v) is 5.28. The summed E-state index contributed by atoms with van der Waals surface area (Å²) in [6, 6.07) is 3.48. The van der Waals surface area contributed by atoms with Gasteiger partial charge in [-0.2, -0.15) is 0 Å². The van der Waals surface area contributed by atoms with Crippen molar-refractivity contribution in [2.24, 2.45) is 0 Å². The third-order valence-electron chi connectivity index (χ3n) is 2.19. The predicted octanol–water partition coefficient (Wildman–Crippen LogP) is 1.31. The van der Waals surface area contributed by atoms with Crippen molar-refractivity contribution in [3.8, 4) is 0 Å². The molecular weight excluding hydrogens is 228 g/mol. The minimum absolute atomic E-state index is 0.0767. The largest absolute Gasteiger partial charge is 0.383 e. The van der Waals surface area contributed by atoms with Gasteiger partial charge in [0.2, 0.25) is 0 Å². The molecule has 0 saturated heterocycles. The highest BCUT2D eigenvalue weighted by molar-refractivity contribution is 5.82. The van der Waals surface area contributed by atoms with Gasteiger partial charge in [0, 0.05) is 20.1 Å². The highest BCUT2D eigenvalue weighted by Crippen LogP contribution is 2.09. The fraction of sp³-hybridized carbons (Fsp3) is 0.417. The van der Waals surface area contributed by atoms with Crippen molar-refractivity contribution in [3.05, 3.63) is 35.4 Å². The van der Waals surface area contributed by atoms with Crippen molar-refractivity contribution in [3.63, 3.8) is 0 Å². The Labute approximate surface area is 98.8 Å². The van der Waals surface area contributed by atoms with Gasteiger partial charge in [0.15, 0.2) is 17.4 Å². The number of carbonyl (C=O) groups is 1. The summed E-state index contributed by atoms with van der Waals surface area (Å²) < 4.78 is 30.3. The van der Waals surface area contributed by atoms with E-state index in [2.05, 4.69) is 5.32 Å². The van der Waals surface area contributed by atoms with Crippen LogP contribution < -0.4 is 5.32 Å². The smallest absolute Gasteiger partial charge is 0.159 e. The van der Waals surface area contributed by atoms with Crippen molar-refractivity contribution in [1.82, 2.24) is 5.32 Å². The van der Waals surface area contributed by atoms with Gasteiger partial charge in [-0.3, -0.25) is 4.79 Å². The van der Waals surface area contributed by atoms with Gasteiger partial charge < -0.3 is 10.1 Å². The molecule has 0 bridgehead atoms. The first kappa shape index (κ1) is 13.7. The number of halogens is 2. The van der Waals surface area contributed by atoms with E-state index in [1.54, 1.807) is 7.11 Å². The molecule has 94 valence electrons. The quantitative estimate of drug-likeness (QED) is 0.734. The topological polar surface area (TPSA) is 38.3 Å². The number of hydrogen-bond donors (Lipinski definition) is 1. The van der Waals surface area contributed by atoms with Gasteiger partial charge in [0.25, 0.3) is 0 Å². The van der Waals surface area contributed by atoms with Crippen molar-refractivity contribution >= 4 is 5.78 Å². The highest BCUT2D eigenvalue weighted by atomic mass is 19.2. The molecule has 0 aromatic heterocycles. The Morgan fingerprint density at radius 2 is 2.12 bits per heavy atom. The molecular formula is C12H15F2NO2. The van der Waals surface area contributed by atoms with Crippen LogP contribution in [0.5, 0.6) is 0 Å². The van der Waals surface area contributed by atoms with Gasteiger partial charge in [-0.25, -0.2) is 8.78 Å². The SMILES string of the molecule is COCCNCC(=O)Cc1ccc(F)c(F)c1. The molecule has 0 unspecified atom stereocenters. The van der Waals surface area contributed by atoms with Crippen molar-refractivity contribution in [1.29, 1.82) is 0 Å². The zero-order valence-electron chi connectivity index (χ0n) is 9.63. The lowest BCUT2D eigenvalue weighted by Crippen LogP contribution is -2.27. The third-order valence-corrected chi connectivity index (χ3v) is 2.19. The van der Waals surface area contributed by atoms with Crippen LogP contribution in [0, 0.1) is 11.6 Å². The molecule has 3 nitrogen and oxygen atoms in total. The molecule has 0 aliphatic carbocycles. The number of carbonyl (C=O) groups excluding carboxylic acids is 1. The van der Waals surface area contributed by atoms with Crippen LogP contribution in [0.4, 0.5) is 8.78 Å². The summed E-state index contributed by atoms with van der Waals surface area (Å²) in [4.78, 5) is 11.5. The molecule has 1 aromatic rings. The number of hydrogen-bond acceptors (Lipinski definition) is 3. The van der Waals surface area contributed by atoms with Crippen LogP contribution in [0.25, 0.3) is 0 Å². The summed E-state index contributed by atoms with van der Waals surface area (Å²) in [6.45, 7) is 1.31. The first-order valence-electron chi connectivity index (χ1n) is 5.28. The van der Waals surface area contributed by atoms with Crippen molar-refractivity contribution < 1.29 is 18.3 Å². The molecule has 17 heavy (non-hydrogen) atoms. The minimum Gasteiger partial charge on any atom is -0.383 e. The number of benzene rings is 1. The Kier molecular flexibility index (Phi) is 5.72. The number of rotatable bonds is 7. The van der Waals surface area contributed by atoms with Gasteiger partial charge in [-0.15, -0.1) is 0 Å². The van der Waals surface area contributed by atoms with Gasteiger partial charge in [-0.1, -0.05) is 6.07 Å². The average Bonchev–Trinajstić information content (AvgIpc) is 2.30. The first-order chi connectivity index (χ1) is 8.13.